The second-order valence-electron chi connectivity index (χ2n) is 6.49. The Bertz CT molecular complexity index is 872. The molecule has 0 saturated heterocycles. The van der Waals surface area contributed by atoms with Crippen LogP contribution in [0.2, 0.25) is 0 Å². The summed E-state index contributed by atoms with van der Waals surface area (Å²) in [4.78, 5) is 12.7. The third-order valence-electron chi connectivity index (χ3n) is 4.40. The first kappa shape index (κ1) is 18.8. The average molecular weight is 365 g/mol. The predicted octanol–water partition coefficient (Wildman–Crippen LogP) is 4.99. The number of carbonyl (C=O) groups is 1. The van der Waals surface area contributed by atoms with E-state index in [2.05, 4.69) is 17.3 Å². The van der Waals surface area contributed by atoms with Crippen molar-refractivity contribution in [3.8, 4) is 16.9 Å². The van der Waals surface area contributed by atoms with E-state index < -0.39 is 0 Å². The predicted molar refractivity (Wildman–Crippen MR) is 105 cm³/mol. The van der Waals surface area contributed by atoms with Crippen molar-refractivity contribution < 1.29 is 9.18 Å². The molecule has 0 saturated carbocycles. The molecule has 0 aliphatic heterocycles. The molecule has 0 atom stereocenters. The number of halogens is 1. The van der Waals surface area contributed by atoms with Gasteiger partial charge in [-0.25, -0.2) is 9.07 Å². The highest BCUT2D eigenvalue weighted by Crippen LogP contribution is 2.22. The van der Waals surface area contributed by atoms with Crippen molar-refractivity contribution in [2.45, 2.75) is 32.6 Å². The first-order chi connectivity index (χ1) is 13.2. The number of para-hydroxylation sites is 1. The van der Waals surface area contributed by atoms with E-state index in [4.69, 9.17) is 0 Å². The standard InChI is InChI=1S/C22H24FN3O/c1-2-3-4-8-15-24-22(27)21-16-20(17-11-13-18(23)14-12-17)25-26(21)19-9-6-5-7-10-19/h5-7,9-14,16H,2-4,8,15H2,1H3,(H,24,27). The van der Waals surface area contributed by atoms with Crippen molar-refractivity contribution in [3.63, 3.8) is 0 Å². The number of hydrogen-bond acceptors (Lipinski definition) is 2. The van der Waals surface area contributed by atoms with Crippen molar-refractivity contribution >= 4 is 5.91 Å². The molecular weight excluding hydrogens is 341 g/mol. The third-order valence-corrected chi connectivity index (χ3v) is 4.40. The van der Waals surface area contributed by atoms with Gasteiger partial charge in [0.2, 0.25) is 0 Å². The molecule has 0 unspecified atom stereocenters. The summed E-state index contributed by atoms with van der Waals surface area (Å²) in [5.41, 5.74) is 2.68. The number of amides is 1. The summed E-state index contributed by atoms with van der Waals surface area (Å²) in [5.74, 6) is -0.456. The van der Waals surface area contributed by atoms with Gasteiger partial charge in [0, 0.05) is 12.1 Å². The van der Waals surface area contributed by atoms with E-state index in [1.807, 2.05) is 30.3 Å². The van der Waals surface area contributed by atoms with Crippen LogP contribution in [0.3, 0.4) is 0 Å². The van der Waals surface area contributed by atoms with Crippen LogP contribution in [0.4, 0.5) is 4.39 Å². The van der Waals surface area contributed by atoms with E-state index in [1.165, 1.54) is 18.6 Å². The van der Waals surface area contributed by atoms with E-state index in [0.29, 0.717) is 17.9 Å². The summed E-state index contributed by atoms with van der Waals surface area (Å²) in [5, 5.41) is 7.57. The number of rotatable bonds is 8. The van der Waals surface area contributed by atoms with Crippen molar-refractivity contribution in [2.24, 2.45) is 0 Å². The Labute approximate surface area is 159 Å². The minimum Gasteiger partial charge on any atom is -0.351 e. The zero-order chi connectivity index (χ0) is 19.1. The number of aromatic nitrogens is 2. The molecule has 0 aliphatic rings. The second-order valence-corrected chi connectivity index (χ2v) is 6.49. The lowest BCUT2D eigenvalue weighted by atomic mass is 10.1. The Morgan fingerprint density at radius 1 is 1.04 bits per heavy atom. The minimum absolute atomic E-state index is 0.156. The van der Waals surface area contributed by atoms with Gasteiger partial charge in [0.05, 0.1) is 11.4 Å². The molecule has 0 radical (unpaired) electrons. The van der Waals surface area contributed by atoms with E-state index in [1.54, 1.807) is 22.9 Å². The number of nitrogens with zero attached hydrogens (tertiary/aromatic N) is 2. The van der Waals surface area contributed by atoms with Crippen LogP contribution < -0.4 is 5.32 Å². The molecule has 27 heavy (non-hydrogen) atoms. The summed E-state index contributed by atoms with van der Waals surface area (Å²) >= 11 is 0. The molecule has 1 amide bonds. The van der Waals surface area contributed by atoms with Gasteiger partial charge < -0.3 is 5.32 Å². The third kappa shape index (κ3) is 4.82. The van der Waals surface area contributed by atoms with Gasteiger partial charge in [0.1, 0.15) is 11.5 Å². The largest absolute Gasteiger partial charge is 0.351 e. The summed E-state index contributed by atoms with van der Waals surface area (Å²) in [6, 6.07) is 17.4. The molecule has 0 bridgehead atoms. The molecule has 2 aromatic carbocycles. The van der Waals surface area contributed by atoms with E-state index in [-0.39, 0.29) is 11.7 Å². The van der Waals surface area contributed by atoms with Crippen molar-refractivity contribution in [3.05, 3.63) is 72.2 Å². The van der Waals surface area contributed by atoms with Gasteiger partial charge in [0.15, 0.2) is 0 Å². The number of carbonyl (C=O) groups excluding carboxylic acids is 1. The second kappa shape index (κ2) is 9.12. The van der Waals surface area contributed by atoms with Crippen LogP contribution in [0, 0.1) is 5.82 Å². The van der Waals surface area contributed by atoms with Gasteiger partial charge in [-0.05, 0) is 48.9 Å². The molecule has 3 rings (SSSR count). The summed E-state index contributed by atoms with van der Waals surface area (Å²) in [6.07, 6.45) is 4.40. The van der Waals surface area contributed by atoms with Gasteiger partial charge in [-0.1, -0.05) is 44.4 Å². The highest BCUT2D eigenvalue weighted by Gasteiger charge is 2.17. The molecule has 3 aromatic rings. The maximum Gasteiger partial charge on any atom is 0.270 e. The van der Waals surface area contributed by atoms with Gasteiger partial charge in [0.25, 0.3) is 5.91 Å². The fourth-order valence-electron chi connectivity index (χ4n) is 2.91. The molecule has 5 heteroatoms. The number of nitrogens with one attached hydrogen (secondary N) is 1. The Morgan fingerprint density at radius 3 is 2.48 bits per heavy atom. The minimum atomic E-state index is -0.300. The van der Waals surface area contributed by atoms with E-state index in [9.17, 15) is 9.18 Å². The molecule has 1 aromatic heterocycles. The first-order valence-corrected chi connectivity index (χ1v) is 9.38. The van der Waals surface area contributed by atoms with Crippen LogP contribution in [0.5, 0.6) is 0 Å². The van der Waals surface area contributed by atoms with Crippen LogP contribution >= 0.6 is 0 Å². The quantitative estimate of drug-likeness (QED) is 0.572. The average Bonchev–Trinajstić information content (AvgIpc) is 3.14. The normalized spacial score (nSPS) is 10.7. The maximum atomic E-state index is 13.2. The van der Waals surface area contributed by atoms with Crippen LogP contribution in [0.15, 0.2) is 60.7 Å². The fraction of sp³-hybridized carbons (Fsp3) is 0.273. The zero-order valence-corrected chi connectivity index (χ0v) is 15.5. The molecule has 140 valence electrons. The van der Waals surface area contributed by atoms with Gasteiger partial charge >= 0.3 is 0 Å². The number of unbranched alkanes of at least 4 members (excludes halogenated alkanes) is 3. The van der Waals surface area contributed by atoms with Gasteiger partial charge in [-0.15, -0.1) is 0 Å². The van der Waals surface area contributed by atoms with Crippen LogP contribution in [0.1, 0.15) is 43.1 Å². The molecule has 0 spiro atoms. The molecule has 0 fully saturated rings. The van der Waals surface area contributed by atoms with E-state index >= 15 is 0 Å². The SMILES string of the molecule is CCCCCCNC(=O)c1cc(-c2ccc(F)cc2)nn1-c1ccccc1. The lowest BCUT2D eigenvalue weighted by Crippen LogP contribution is -2.26. The number of hydrogen-bond donors (Lipinski definition) is 1. The van der Waals surface area contributed by atoms with E-state index in [0.717, 1.165) is 30.5 Å². The maximum absolute atomic E-state index is 13.2. The van der Waals surface area contributed by atoms with Crippen molar-refractivity contribution in [1.82, 2.24) is 15.1 Å². The molecule has 1 heterocycles. The topological polar surface area (TPSA) is 46.9 Å². The molecule has 0 aliphatic carbocycles. The summed E-state index contributed by atoms with van der Waals surface area (Å²) in [7, 11) is 0. The van der Waals surface area contributed by atoms with Crippen molar-refractivity contribution in [2.75, 3.05) is 6.54 Å². The van der Waals surface area contributed by atoms with Crippen LogP contribution in [-0.2, 0) is 0 Å². The summed E-state index contributed by atoms with van der Waals surface area (Å²) < 4.78 is 14.9. The fourth-order valence-corrected chi connectivity index (χ4v) is 2.91. The zero-order valence-electron chi connectivity index (χ0n) is 15.5. The van der Waals surface area contributed by atoms with Gasteiger partial charge in [-0.2, -0.15) is 5.10 Å². The first-order valence-electron chi connectivity index (χ1n) is 9.38. The smallest absolute Gasteiger partial charge is 0.270 e. The lowest BCUT2D eigenvalue weighted by Gasteiger charge is -2.08. The Morgan fingerprint density at radius 2 is 1.78 bits per heavy atom. The Kier molecular flexibility index (Phi) is 6.36. The van der Waals surface area contributed by atoms with Crippen molar-refractivity contribution in [1.29, 1.82) is 0 Å². The molecule has 4 nitrogen and oxygen atoms in total. The Balaban J connectivity index is 1.86. The highest BCUT2D eigenvalue weighted by molar-refractivity contribution is 5.94. The molecular formula is C22H24FN3O. The monoisotopic (exact) mass is 365 g/mol. The Hall–Kier alpha value is -2.95. The number of benzene rings is 2. The van der Waals surface area contributed by atoms with Crippen LogP contribution in [-0.4, -0.2) is 22.2 Å². The van der Waals surface area contributed by atoms with Crippen LogP contribution in [0.25, 0.3) is 16.9 Å². The summed E-state index contributed by atoms with van der Waals surface area (Å²) in [6.45, 7) is 2.80. The lowest BCUT2D eigenvalue weighted by molar-refractivity contribution is 0.0945. The van der Waals surface area contributed by atoms with Gasteiger partial charge in [-0.3, -0.25) is 4.79 Å². The molecule has 1 N–H and O–H groups in total. The highest BCUT2D eigenvalue weighted by atomic mass is 19.1.